The van der Waals surface area contributed by atoms with Gasteiger partial charge < -0.3 is 20.4 Å². The summed E-state index contributed by atoms with van der Waals surface area (Å²) in [5.41, 5.74) is -2.57. The third-order valence-corrected chi connectivity index (χ3v) is 3.05. The van der Waals surface area contributed by atoms with Gasteiger partial charge in [-0.05, 0) is 29.0 Å². The Morgan fingerprint density at radius 2 is 1.26 bits per heavy atom. The maximum absolute atomic E-state index is 11.4. The van der Waals surface area contributed by atoms with Crippen LogP contribution in [0.2, 0.25) is 0 Å². The van der Waals surface area contributed by atoms with Gasteiger partial charge in [0.15, 0.2) is 0 Å². The van der Waals surface area contributed by atoms with E-state index in [0.29, 0.717) is 0 Å². The van der Waals surface area contributed by atoms with Crippen LogP contribution in [0.3, 0.4) is 0 Å². The summed E-state index contributed by atoms with van der Waals surface area (Å²) in [7, 11) is 0. The fourth-order valence-corrected chi connectivity index (χ4v) is 2.14. The predicted molar refractivity (Wildman–Crippen MR) is 71.8 cm³/mol. The second-order valence-corrected chi connectivity index (χ2v) is 4.33. The van der Waals surface area contributed by atoms with Gasteiger partial charge in [-0.3, -0.25) is 0 Å². The standard InChI is InChI=1S/C14H8O8.Ti/c15-11(16)6-2-1-5-3-8(12(17)18)10(14(21)22)9(13(19)20)7(5)4-6;/h1-4H,(H,15,16)(H,17,18)(H,19,20)(H,21,22);. The minimum atomic E-state index is -1.72. The van der Waals surface area contributed by atoms with Crippen molar-refractivity contribution >= 4 is 34.6 Å². The molecule has 23 heavy (non-hydrogen) atoms. The zero-order chi connectivity index (χ0) is 16.6. The van der Waals surface area contributed by atoms with E-state index in [1.807, 2.05) is 0 Å². The first kappa shape index (κ1) is 18.3. The van der Waals surface area contributed by atoms with Gasteiger partial charge in [-0.25, -0.2) is 19.2 Å². The molecule has 0 saturated carbocycles. The number of fused-ring (bicyclic) bond motifs is 1. The van der Waals surface area contributed by atoms with Gasteiger partial charge in [-0.2, -0.15) is 0 Å². The van der Waals surface area contributed by atoms with E-state index < -0.39 is 40.6 Å². The Balaban J connectivity index is 0.00000264. The molecule has 116 valence electrons. The molecule has 0 heterocycles. The molecule has 0 aromatic heterocycles. The van der Waals surface area contributed by atoms with Crippen molar-refractivity contribution in [3.63, 3.8) is 0 Å². The molecule has 0 radical (unpaired) electrons. The van der Waals surface area contributed by atoms with Gasteiger partial charge in [0.2, 0.25) is 0 Å². The Morgan fingerprint density at radius 3 is 1.70 bits per heavy atom. The quantitative estimate of drug-likeness (QED) is 0.607. The van der Waals surface area contributed by atoms with Crippen molar-refractivity contribution in [3.05, 3.63) is 46.5 Å². The summed E-state index contributed by atoms with van der Waals surface area (Å²) < 4.78 is 0. The number of aromatic carboxylic acids is 4. The van der Waals surface area contributed by atoms with Crippen molar-refractivity contribution in [1.82, 2.24) is 0 Å². The van der Waals surface area contributed by atoms with Crippen LogP contribution in [0.25, 0.3) is 10.8 Å². The van der Waals surface area contributed by atoms with Gasteiger partial charge in [0, 0.05) is 21.7 Å². The molecule has 2 rings (SSSR count). The molecule has 4 N–H and O–H groups in total. The van der Waals surface area contributed by atoms with Crippen molar-refractivity contribution in [2.24, 2.45) is 0 Å². The number of rotatable bonds is 4. The van der Waals surface area contributed by atoms with Crippen molar-refractivity contribution in [3.8, 4) is 0 Å². The topological polar surface area (TPSA) is 149 Å². The molecule has 0 aliphatic heterocycles. The maximum Gasteiger partial charge on any atom is 0.337 e. The first-order valence-corrected chi connectivity index (χ1v) is 5.78. The van der Waals surface area contributed by atoms with Crippen molar-refractivity contribution in [2.45, 2.75) is 0 Å². The van der Waals surface area contributed by atoms with Crippen LogP contribution in [-0.2, 0) is 21.7 Å². The zero-order valence-corrected chi connectivity index (χ0v) is 12.8. The third kappa shape index (κ3) is 3.23. The van der Waals surface area contributed by atoms with E-state index in [4.69, 9.17) is 15.3 Å². The summed E-state index contributed by atoms with van der Waals surface area (Å²) >= 11 is 0. The minimum absolute atomic E-state index is 0. The number of hydrogen-bond acceptors (Lipinski definition) is 4. The molecule has 2 aromatic rings. The Kier molecular flexibility index (Phi) is 5.26. The molecular weight excluding hydrogens is 344 g/mol. The SMILES string of the molecule is O=C(O)c1ccc2cc(C(=O)O)c(C(=O)O)c(C(=O)O)c2c1.[Ti]. The number of carboxylic acid groups (broad SMARTS) is 4. The Hall–Kier alpha value is -2.71. The number of benzene rings is 2. The first-order valence-electron chi connectivity index (χ1n) is 5.78. The average molecular weight is 352 g/mol. The van der Waals surface area contributed by atoms with Gasteiger partial charge in [0.25, 0.3) is 0 Å². The average Bonchev–Trinajstić information content (AvgIpc) is 2.43. The predicted octanol–water partition coefficient (Wildman–Crippen LogP) is 1.63. The van der Waals surface area contributed by atoms with Gasteiger partial charge in [-0.15, -0.1) is 0 Å². The largest absolute Gasteiger partial charge is 0.478 e. The van der Waals surface area contributed by atoms with E-state index in [2.05, 4.69) is 0 Å². The summed E-state index contributed by atoms with van der Waals surface area (Å²) in [4.78, 5) is 44.8. The minimum Gasteiger partial charge on any atom is -0.478 e. The van der Waals surface area contributed by atoms with Crippen LogP contribution >= 0.6 is 0 Å². The van der Waals surface area contributed by atoms with Crippen molar-refractivity contribution in [1.29, 1.82) is 0 Å². The monoisotopic (exact) mass is 352 g/mol. The second kappa shape index (κ2) is 6.59. The van der Waals surface area contributed by atoms with Gasteiger partial charge >= 0.3 is 23.9 Å². The van der Waals surface area contributed by atoms with Gasteiger partial charge in [0.05, 0.1) is 22.3 Å². The molecule has 0 aliphatic carbocycles. The Morgan fingerprint density at radius 1 is 0.696 bits per heavy atom. The van der Waals surface area contributed by atoms with Crippen LogP contribution in [0, 0.1) is 0 Å². The normalized spacial score (nSPS) is 9.91. The molecule has 0 saturated heterocycles. The summed E-state index contributed by atoms with van der Waals surface area (Å²) in [5.74, 6) is -6.30. The van der Waals surface area contributed by atoms with Crippen molar-refractivity contribution < 1.29 is 61.3 Å². The molecule has 0 spiro atoms. The molecule has 0 aliphatic rings. The summed E-state index contributed by atoms with van der Waals surface area (Å²) in [6, 6.07) is 4.39. The molecule has 2 aromatic carbocycles. The smallest absolute Gasteiger partial charge is 0.337 e. The molecular formula is C14H8O8Ti. The van der Waals surface area contributed by atoms with E-state index in [1.54, 1.807) is 0 Å². The first-order chi connectivity index (χ1) is 10.2. The van der Waals surface area contributed by atoms with E-state index in [0.717, 1.165) is 12.1 Å². The van der Waals surface area contributed by atoms with E-state index in [-0.39, 0.29) is 38.1 Å². The van der Waals surface area contributed by atoms with Crippen LogP contribution in [-0.4, -0.2) is 44.3 Å². The molecule has 0 unspecified atom stereocenters. The summed E-state index contributed by atoms with van der Waals surface area (Å²) in [5, 5.41) is 36.4. The number of carboxylic acids is 4. The zero-order valence-electron chi connectivity index (χ0n) is 11.2. The molecule has 8 nitrogen and oxygen atoms in total. The van der Waals surface area contributed by atoms with Crippen molar-refractivity contribution in [2.75, 3.05) is 0 Å². The van der Waals surface area contributed by atoms with Crippen LogP contribution in [0.5, 0.6) is 0 Å². The summed E-state index contributed by atoms with van der Waals surface area (Å²) in [6.45, 7) is 0. The molecule has 0 amide bonds. The second-order valence-electron chi connectivity index (χ2n) is 4.33. The molecule has 0 atom stereocenters. The fraction of sp³-hybridized carbons (Fsp3) is 0. The maximum atomic E-state index is 11.4. The third-order valence-electron chi connectivity index (χ3n) is 3.05. The molecule has 0 bridgehead atoms. The molecule has 9 heteroatoms. The van der Waals surface area contributed by atoms with E-state index in [9.17, 15) is 24.3 Å². The van der Waals surface area contributed by atoms with Crippen LogP contribution in [0.15, 0.2) is 24.3 Å². The fourth-order valence-electron chi connectivity index (χ4n) is 2.14. The van der Waals surface area contributed by atoms with Gasteiger partial charge in [0.1, 0.15) is 0 Å². The van der Waals surface area contributed by atoms with E-state index >= 15 is 0 Å². The Bertz CT molecular complexity index is 855. The summed E-state index contributed by atoms with van der Waals surface area (Å²) in [6.07, 6.45) is 0. The molecule has 0 fully saturated rings. The number of carbonyl (C=O) groups is 4. The van der Waals surface area contributed by atoms with Gasteiger partial charge in [-0.1, -0.05) is 6.07 Å². The van der Waals surface area contributed by atoms with E-state index in [1.165, 1.54) is 12.1 Å². The van der Waals surface area contributed by atoms with Crippen LogP contribution in [0.1, 0.15) is 41.4 Å². The Labute approximate surface area is 142 Å². The van der Waals surface area contributed by atoms with Crippen LogP contribution in [0.4, 0.5) is 0 Å². The van der Waals surface area contributed by atoms with Crippen LogP contribution < -0.4 is 0 Å². The number of hydrogen-bond donors (Lipinski definition) is 4.